The monoisotopic (exact) mass is 482 g/mol. The van der Waals surface area contributed by atoms with E-state index in [1.54, 1.807) is 6.08 Å². The van der Waals surface area contributed by atoms with Crippen LogP contribution in [0.1, 0.15) is 69.3 Å². The van der Waals surface area contributed by atoms with Gasteiger partial charge in [-0.25, -0.2) is 0 Å². The third-order valence-electron chi connectivity index (χ3n) is 7.50. The fourth-order valence-corrected chi connectivity index (χ4v) is 5.83. The number of amides is 2. The van der Waals surface area contributed by atoms with E-state index in [1.165, 1.54) is 0 Å². The fraction of sp³-hybridized carbons (Fsp3) is 0.571. The van der Waals surface area contributed by atoms with E-state index < -0.39 is 24.2 Å². The molecular formula is C28H38N2O5. The lowest BCUT2D eigenvalue weighted by Gasteiger charge is -2.45. The van der Waals surface area contributed by atoms with Gasteiger partial charge >= 0.3 is 0 Å². The second-order valence-electron chi connectivity index (χ2n) is 9.81. The predicted molar refractivity (Wildman–Crippen MR) is 134 cm³/mol. The molecule has 1 heterocycles. The normalized spacial score (nSPS) is 25.6. The van der Waals surface area contributed by atoms with Gasteiger partial charge in [-0.05, 0) is 44.2 Å². The van der Waals surface area contributed by atoms with Gasteiger partial charge in [0.15, 0.2) is 0 Å². The molecule has 35 heavy (non-hydrogen) atoms. The minimum Gasteiger partial charge on any atom is -0.486 e. The molecule has 1 fully saturated rings. The number of rotatable bonds is 10. The van der Waals surface area contributed by atoms with E-state index in [-0.39, 0.29) is 31.0 Å². The first-order valence-corrected chi connectivity index (χ1v) is 13.0. The van der Waals surface area contributed by atoms with Crippen LogP contribution in [0.4, 0.5) is 0 Å². The Morgan fingerprint density at radius 3 is 2.69 bits per heavy atom. The number of carbonyl (C=O) groups excluding carboxylic acids is 2. The smallest absolute Gasteiger partial charge is 0.247 e. The molecule has 3 aliphatic rings. The topological polar surface area (TPSA) is 99.1 Å². The zero-order chi connectivity index (χ0) is 24.8. The first-order chi connectivity index (χ1) is 17.1. The minimum absolute atomic E-state index is 0.0188. The van der Waals surface area contributed by atoms with Crippen molar-refractivity contribution in [1.82, 2.24) is 10.2 Å². The summed E-state index contributed by atoms with van der Waals surface area (Å²) in [6, 6.07) is 6.93. The molecule has 1 aromatic rings. The third-order valence-corrected chi connectivity index (χ3v) is 7.50. The molecule has 3 N–H and O–H groups in total. The van der Waals surface area contributed by atoms with Crippen molar-refractivity contribution in [3.05, 3.63) is 54.1 Å². The molecule has 4 unspecified atom stereocenters. The summed E-state index contributed by atoms with van der Waals surface area (Å²) in [5, 5.41) is 23.6. The van der Waals surface area contributed by atoms with Gasteiger partial charge in [-0.1, -0.05) is 43.5 Å². The molecular weight excluding hydrogens is 444 g/mol. The maximum absolute atomic E-state index is 13.6. The lowest BCUT2D eigenvalue weighted by molar-refractivity contribution is -0.141. The van der Waals surface area contributed by atoms with Gasteiger partial charge in [0.1, 0.15) is 18.0 Å². The second-order valence-corrected chi connectivity index (χ2v) is 9.81. The van der Waals surface area contributed by atoms with Crippen LogP contribution in [0.2, 0.25) is 0 Å². The van der Waals surface area contributed by atoms with Crippen molar-refractivity contribution in [2.75, 3.05) is 13.2 Å². The number of unbranched alkanes of at least 4 members (excludes halogenated alkanes) is 2. The highest BCUT2D eigenvalue weighted by Crippen LogP contribution is 2.47. The number of hydrogen-bond donors (Lipinski definition) is 3. The molecule has 0 radical (unpaired) electrons. The van der Waals surface area contributed by atoms with Gasteiger partial charge in [0.05, 0.1) is 18.6 Å². The van der Waals surface area contributed by atoms with Crippen LogP contribution in [-0.2, 0) is 9.59 Å². The number of ether oxygens (including phenoxy) is 1. The Balaban J connectivity index is 1.69. The van der Waals surface area contributed by atoms with E-state index in [2.05, 4.69) is 11.9 Å². The summed E-state index contributed by atoms with van der Waals surface area (Å²) < 4.78 is 6.20. The number of aliphatic hydroxyl groups is 2. The number of allylic oxidation sites excluding steroid dienone is 1. The zero-order valence-electron chi connectivity index (χ0n) is 20.4. The molecule has 2 amide bonds. The van der Waals surface area contributed by atoms with Crippen LogP contribution >= 0.6 is 0 Å². The van der Waals surface area contributed by atoms with Gasteiger partial charge in [-0.2, -0.15) is 0 Å². The first-order valence-electron chi connectivity index (χ1n) is 13.0. The molecule has 0 saturated heterocycles. The predicted octanol–water partition coefficient (Wildman–Crippen LogP) is 3.22. The van der Waals surface area contributed by atoms with Crippen LogP contribution < -0.4 is 10.1 Å². The molecule has 7 nitrogen and oxygen atoms in total. The highest BCUT2D eigenvalue weighted by molar-refractivity contribution is 5.96. The van der Waals surface area contributed by atoms with E-state index in [0.29, 0.717) is 17.7 Å². The number of nitrogens with zero attached hydrogens (tertiary/aromatic N) is 1. The summed E-state index contributed by atoms with van der Waals surface area (Å²) in [7, 11) is 0. The van der Waals surface area contributed by atoms with Crippen molar-refractivity contribution in [2.45, 2.75) is 88.0 Å². The number of fused-ring (bicyclic) bond motifs is 3. The third kappa shape index (κ3) is 5.46. The zero-order valence-corrected chi connectivity index (χ0v) is 20.4. The number of aliphatic hydroxyl groups excluding tert-OH is 2. The highest BCUT2D eigenvalue weighted by atomic mass is 16.5. The molecule has 4 atom stereocenters. The van der Waals surface area contributed by atoms with Gasteiger partial charge in [0, 0.05) is 30.1 Å². The SMILES string of the molecule is C=CCCCCC(=O)N(C1CCCCC1)C1C=C(C(=O)NCCO)C2c3ccccc3OC2C1O. The lowest BCUT2D eigenvalue weighted by atomic mass is 9.76. The van der Waals surface area contributed by atoms with E-state index in [4.69, 9.17) is 4.74 Å². The average Bonchev–Trinajstić information content (AvgIpc) is 3.27. The molecule has 2 aliphatic carbocycles. The Morgan fingerprint density at radius 1 is 1.17 bits per heavy atom. The van der Waals surface area contributed by atoms with Crippen LogP contribution in [0, 0.1) is 0 Å². The van der Waals surface area contributed by atoms with Crippen molar-refractivity contribution in [3.63, 3.8) is 0 Å². The maximum Gasteiger partial charge on any atom is 0.247 e. The summed E-state index contributed by atoms with van der Waals surface area (Å²) in [6.07, 6.45) is 10.0. The van der Waals surface area contributed by atoms with Crippen LogP contribution in [0.15, 0.2) is 48.6 Å². The van der Waals surface area contributed by atoms with Crippen molar-refractivity contribution in [2.24, 2.45) is 0 Å². The molecule has 1 saturated carbocycles. The molecule has 4 rings (SSSR count). The summed E-state index contributed by atoms with van der Waals surface area (Å²) >= 11 is 0. The Morgan fingerprint density at radius 2 is 1.94 bits per heavy atom. The summed E-state index contributed by atoms with van der Waals surface area (Å²) in [5.41, 5.74) is 1.35. The molecule has 1 aromatic carbocycles. The van der Waals surface area contributed by atoms with Crippen molar-refractivity contribution < 1.29 is 24.5 Å². The first kappa shape index (κ1) is 25.5. The molecule has 7 heteroatoms. The Kier molecular flexibility index (Phi) is 8.63. The highest BCUT2D eigenvalue weighted by Gasteiger charge is 2.51. The van der Waals surface area contributed by atoms with Crippen LogP contribution in [0.5, 0.6) is 5.75 Å². The molecule has 0 spiro atoms. The number of hydrogen-bond acceptors (Lipinski definition) is 5. The Bertz CT molecular complexity index is 939. The van der Waals surface area contributed by atoms with E-state index in [1.807, 2.05) is 35.2 Å². The van der Waals surface area contributed by atoms with E-state index in [9.17, 15) is 19.8 Å². The van der Waals surface area contributed by atoms with Gasteiger partial charge < -0.3 is 25.2 Å². The quantitative estimate of drug-likeness (QED) is 0.351. The molecule has 1 aliphatic heterocycles. The number of para-hydroxylation sites is 1. The number of benzene rings is 1. The lowest BCUT2D eigenvalue weighted by Crippen LogP contribution is -2.58. The van der Waals surface area contributed by atoms with E-state index in [0.717, 1.165) is 56.9 Å². The molecule has 0 bridgehead atoms. The summed E-state index contributed by atoms with van der Waals surface area (Å²) in [4.78, 5) is 28.7. The fourth-order valence-electron chi connectivity index (χ4n) is 5.83. The van der Waals surface area contributed by atoms with Gasteiger partial charge in [0.25, 0.3) is 0 Å². The summed E-state index contributed by atoms with van der Waals surface area (Å²) in [6.45, 7) is 3.73. The van der Waals surface area contributed by atoms with Crippen LogP contribution in [0.25, 0.3) is 0 Å². The number of carbonyl (C=O) groups is 2. The maximum atomic E-state index is 13.6. The molecule has 0 aromatic heterocycles. The van der Waals surface area contributed by atoms with Crippen LogP contribution in [-0.4, -0.2) is 64.4 Å². The largest absolute Gasteiger partial charge is 0.486 e. The van der Waals surface area contributed by atoms with E-state index >= 15 is 0 Å². The molecule has 190 valence electrons. The Labute approximate surface area is 207 Å². The summed E-state index contributed by atoms with van der Waals surface area (Å²) in [5.74, 6) is -0.0475. The van der Waals surface area contributed by atoms with Gasteiger partial charge in [-0.15, -0.1) is 6.58 Å². The van der Waals surface area contributed by atoms with Crippen molar-refractivity contribution >= 4 is 11.8 Å². The second kappa shape index (κ2) is 11.9. The minimum atomic E-state index is -0.958. The van der Waals surface area contributed by atoms with Gasteiger partial charge in [0.2, 0.25) is 11.8 Å². The standard InChI is InChI=1S/C28H38N2O5/c1-2-3-4-8-15-24(32)30(19-11-6-5-7-12-19)22-18-21(28(34)29-16-17-31)25-20-13-9-10-14-23(20)35-27(25)26(22)33/h2,9-10,13-14,18-19,22,25-27,31,33H,1,3-8,11-12,15-17H2,(H,29,34). The van der Waals surface area contributed by atoms with Crippen molar-refractivity contribution in [3.8, 4) is 5.75 Å². The average molecular weight is 483 g/mol. The Hall–Kier alpha value is -2.64. The van der Waals surface area contributed by atoms with Crippen molar-refractivity contribution in [1.29, 1.82) is 0 Å². The van der Waals surface area contributed by atoms with Gasteiger partial charge in [-0.3, -0.25) is 9.59 Å². The van der Waals surface area contributed by atoms with Crippen LogP contribution in [0.3, 0.4) is 0 Å². The number of nitrogens with one attached hydrogen (secondary N) is 1.